The fraction of sp³-hybridized carbons (Fsp3) is 0.556. The molecule has 1 amide bonds. The smallest absolute Gasteiger partial charge is 0.263 e. The van der Waals surface area contributed by atoms with Crippen LogP contribution >= 0.6 is 11.6 Å². The molecule has 0 spiro atoms. The van der Waals surface area contributed by atoms with Crippen LogP contribution < -0.4 is 10.6 Å². The number of hydrogen-bond acceptors (Lipinski definition) is 4. The summed E-state index contributed by atoms with van der Waals surface area (Å²) in [4.78, 5) is 11.3. The Hall–Kier alpha value is -1.25. The Balaban J connectivity index is 4.00. The van der Waals surface area contributed by atoms with E-state index < -0.39 is 5.91 Å². The van der Waals surface area contributed by atoms with Gasteiger partial charge < -0.3 is 15.7 Å². The summed E-state index contributed by atoms with van der Waals surface area (Å²) in [5.74, 6) is 0.0299. The number of nitrogens with one attached hydrogen (secondary N) is 2. The summed E-state index contributed by atoms with van der Waals surface area (Å²) in [5, 5.41) is 22.3. The van der Waals surface area contributed by atoms with Crippen molar-refractivity contribution in [3.05, 3.63) is 11.8 Å². The molecule has 0 aliphatic rings. The summed E-state index contributed by atoms with van der Waals surface area (Å²) < 4.78 is 0. The molecule has 0 rings (SSSR count). The Kier molecular flexibility index (Phi) is 8.53. The first-order chi connectivity index (χ1) is 7.26. The molecule has 0 radical (unpaired) electrons. The highest BCUT2D eigenvalue weighted by Gasteiger charge is 2.06. The largest absolute Gasteiger partial charge is 0.395 e. The number of halogens is 1. The van der Waals surface area contributed by atoms with Crippen LogP contribution in [0.2, 0.25) is 0 Å². The van der Waals surface area contributed by atoms with Gasteiger partial charge in [-0.3, -0.25) is 4.79 Å². The summed E-state index contributed by atoms with van der Waals surface area (Å²) in [5.41, 5.74) is -0.0157. The number of alkyl halides is 1. The number of carbonyl (C=O) groups is 1. The van der Waals surface area contributed by atoms with Gasteiger partial charge in [0, 0.05) is 25.2 Å². The maximum atomic E-state index is 11.3. The SMILES string of the molecule is N#C/C(=C/NCCO)C(=O)NCCCCl. The number of rotatable bonds is 7. The van der Waals surface area contributed by atoms with Gasteiger partial charge in [0.15, 0.2) is 0 Å². The molecule has 0 saturated carbocycles. The molecule has 0 unspecified atom stereocenters. The number of aliphatic hydroxyl groups excluding tert-OH is 1. The third-order valence-corrected chi connectivity index (χ3v) is 1.73. The Morgan fingerprint density at radius 2 is 2.27 bits per heavy atom. The van der Waals surface area contributed by atoms with Crippen LogP contribution in [0, 0.1) is 11.3 Å². The zero-order chi connectivity index (χ0) is 11.5. The number of nitriles is 1. The first-order valence-electron chi connectivity index (χ1n) is 4.55. The molecule has 0 fully saturated rings. The van der Waals surface area contributed by atoms with Crippen molar-refractivity contribution in [3.8, 4) is 6.07 Å². The highest BCUT2D eigenvalue weighted by atomic mass is 35.5. The molecule has 0 atom stereocenters. The van der Waals surface area contributed by atoms with Crippen molar-refractivity contribution in [2.24, 2.45) is 0 Å². The van der Waals surface area contributed by atoms with Gasteiger partial charge in [-0.05, 0) is 6.42 Å². The van der Waals surface area contributed by atoms with Gasteiger partial charge in [-0.25, -0.2) is 0 Å². The second-order valence-electron chi connectivity index (χ2n) is 2.65. The Morgan fingerprint density at radius 1 is 1.53 bits per heavy atom. The molecular weight excluding hydrogens is 218 g/mol. The lowest BCUT2D eigenvalue weighted by molar-refractivity contribution is -0.117. The van der Waals surface area contributed by atoms with Crippen molar-refractivity contribution in [1.82, 2.24) is 10.6 Å². The molecular formula is C9H14ClN3O2. The number of amides is 1. The van der Waals surface area contributed by atoms with Crippen LogP contribution in [0.25, 0.3) is 0 Å². The zero-order valence-corrected chi connectivity index (χ0v) is 9.05. The number of carbonyl (C=O) groups excluding carboxylic acids is 1. The minimum absolute atomic E-state index is 0.0157. The average Bonchev–Trinajstić information content (AvgIpc) is 2.24. The van der Waals surface area contributed by atoms with E-state index in [0.717, 1.165) is 0 Å². The third kappa shape index (κ3) is 6.77. The van der Waals surface area contributed by atoms with E-state index in [1.54, 1.807) is 6.07 Å². The lowest BCUT2D eigenvalue weighted by Gasteiger charge is -2.02. The van der Waals surface area contributed by atoms with Crippen LogP contribution in [-0.4, -0.2) is 36.6 Å². The minimum atomic E-state index is -0.437. The van der Waals surface area contributed by atoms with Gasteiger partial charge in [-0.15, -0.1) is 11.6 Å². The maximum Gasteiger partial charge on any atom is 0.263 e. The molecule has 0 aromatic heterocycles. The molecule has 0 aromatic carbocycles. The summed E-state index contributed by atoms with van der Waals surface area (Å²) in [6, 6.07) is 1.76. The topological polar surface area (TPSA) is 85.2 Å². The van der Waals surface area contributed by atoms with Gasteiger partial charge in [0.25, 0.3) is 5.91 Å². The average molecular weight is 232 g/mol. The molecule has 0 heterocycles. The second-order valence-corrected chi connectivity index (χ2v) is 3.02. The van der Waals surface area contributed by atoms with E-state index in [0.29, 0.717) is 25.4 Å². The van der Waals surface area contributed by atoms with Gasteiger partial charge in [-0.2, -0.15) is 5.26 Å². The third-order valence-electron chi connectivity index (χ3n) is 1.46. The summed E-state index contributed by atoms with van der Waals surface area (Å²) in [6.45, 7) is 0.699. The molecule has 0 aromatic rings. The van der Waals surface area contributed by atoms with Crippen LogP contribution in [0.1, 0.15) is 6.42 Å². The van der Waals surface area contributed by atoms with Crippen molar-refractivity contribution < 1.29 is 9.90 Å². The van der Waals surface area contributed by atoms with Crippen LogP contribution in [0.3, 0.4) is 0 Å². The van der Waals surface area contributed by atoms with E-state index in [-0.39, 0.29) is 12.2 Å². The molecule has 84 valence electrons. The fourth-order valence-electron chi connectivity index (χ4n) is 0.751. The van der Waals surface area contributed by atoms with Crippen molar-refractivity contribution in [3.63, 3.8) is 0 Å². The molecule has 0 aliphatic heterocycles. The number of nitrogens with zero attached hydrogens (tertiary/aromatic N) is 1. The van der Waals surface area contributed by atoms with E-state index in [1.807, 2.05) is 0 Å². The number of aliphatic hydroxyl groups is 1. The van der Waals surface area contributed by atoms with Crippen LogP contribution in [-0.2, 0) is 4.79 Å². The van der Waals surface area contributed by atoms with Crippen LogP contribution in [0.5, 0.6) is 0 Å². The van der Waals surface area contributed by atoms with Crippen molar-refractivity contribution in [2.75, 3.05) is 25.6 Å². The molecule has 0 aliphatic carbocycles. The summed E-state index contributed by atoms with van der Waals surface area (Å²) in [7, 11) is 0. The predicted octanol–water partition coefficient (Wildman–Crippen LogP) is -0.279. The monoisotopic (exact) mass is 231 g/mol. The second kappa shape index (κ2) is 9.31. The highest BCUT2D eigenvalue weighted by Crippen LogP contribution is 1.90. The molecule has 0 saturated heterocycles. The number of hydrogen-bond donors (Lipinski definition) is 3. The first-order valence-corrected chi connectivity index (χ1v) is 5.08. The summed E-state index contributed by atoms with van der Waals surface area (Å²) in [6.07, 6.45) is 1.95. The molecule has 3 N–H and O–H groups in total. The van der Waals surface area contributed by atoms with Gasteiger partial charge >= 0.3 is 0 Å². The van der Waals surface area contributed by atoms with E-state index in [1.165, 1.54) is 6.20 Å². The van der Waals surface area contributed by atoms with Crippen LogP contribution in [0.15, 0.2) is 11.8 Å². The molecule has 5 nitrogen and oxygen atoms in total. The van der Waals surface area contributed by atoms with E-state index in [9.17, 15) is 4.79 Å². The quantitative estimate of drug-likeness (QED) is 0.244. The van der Waals surface area contributed by atoms with Crippen molar-refractivity contribution in [1.29, 1.82) is 5.26 Å². The molecule has 15 heavy (non-hydrogen) atoms. The predicted molar refractivity (Wildman–Crippen MR) is 57.1 cm³/mol. The molecule has 6 heteroatoms. The maximum absolute atomic E-state index is 11.3. The van der Waals surface area contributed by atoms with Gasteiger partial charge in [0.1, 0.15) is 11.6 Å². The standard InChI is InChI=1S/C9H14ClN3O2/c10-2-1-3-13-9(15)8(6-11)7-12-4-5-14/h7,12,14H,1-5H2,(H,13,15)/b8-7-. The van der Waals surface area contributed by atoms with E-state index in [2.05, 4.69) is 10.6 Å². The van der Waals surface area contributed by atoms with E-state index >= 15 is 0 Å². The Bertz CT molecular complexity index is 261. The lowest BCUT2D eigenvalue weighted by atomic mass is 10.3. The molecule has 0 bridgehead atoms. The van der Waals surface area contributed by atoms with Crippen molar-refractivity contribution >= 4 is 17.5 Å². The lowest BCUT2D eigenvalue weighted by Crippen LogP contribution is -2.27. The van der Waals surface area contributed by atoms with Crippen molar-refractivity contribution in [2.45, 2.75) is 6.42 Å². The minimum Gasteiger partial charge on any atom is -0.395 e. The highest BCUT2D eigenvalue weighted by molar-refractivity contribution is 6.17. The van der Waals surface area contributed by atoms with E-state index in [4.69, 9.17) is 22.0 Å². The van der Waals surface area contributed by atoms with Gasteiger partial charge in [0.2, 0.25) is 0 Å². The Labute approximate surface area is 93.7 Å². The van der Waals surface area contributed by atoms with Crippen LogP contribution in [0.4, 0.5) is 0 Å². The summed E-state index contributed by atoms with van der Waals surface area (Å²) >= 11 is 5.43. The fourth-order valence-corrected chi connectivity index (χ4v) is 0.885. The Morgan fingerprint density at radius 3 is 2.80 bits per heavy atom. The normalized spacial score (nSPS) is 10.6. The first kappa shape index (κ1) is 13.8. The zero-order valence-electron chi connectivity index (χ0n) is 8.29. The van der Waals surface area contributed by atoms with Gasteiger partial charge in [0.05, 0.1) is 6.61 Å². The van der Waals surface area contributed by atoms with Gasteiger partial charge in [-0.1, -0.05) is 0 Å².